The molecule has 0 radical (unpaired) electrons. The van der Waals surface area contributed by atoms with Crippen LogP contribution < -0.4 is 10.1 Å². The molecule has 176 valence electrons. The van der Waals surface area contributed by atoms with Crippen LogP contribution in [0.15, 0.2) is 24.4 Å². The second-order valence-electron chi connectivity index (χ2n) is 8.12. The summed E-state index contributed by atoms with van der Waals surface area (Å²) in [6, 6.07) is 1.28. The lowest BCUT2D eigenvalue weighted by Crippen LogP contribution is -2.55. The monoisotopic (exact) mass is 487 g/mol. The first-order valence-corrected chi connectivity index (χ1v) is 10.3. The normalized spacial score (nSPS) is 22.8. The van der Waals surface area contributed by atoms with Crippen molar-refractivity contribution < 1.29 is 31.8 Å². The van der Waals surface area contributed by atoms with Crippen molar-refractivity contribution in [3.63, 3.8) is 0 Å². The minimum atomic E-state index is -5.08. The third-order valence-corrected chi connectivity index (χ3v) is 6.20. The van der Waals surface area contributed by atoms with Crippen molar-refractivity contribution in [2.45, 2.75) is 44.0 Å². The Bertz CT molecular complexity index is 1250. The Morgan fingerprint density at radius 2 is 1.94 bits per heavy atom. The number of fused-ring (bicyclic) bond motifs is 2. The molecular weight excluding hydrogens is 469 g/mol. The first kappa shape index (κ1) is 23.4. The SMILES string of the molecule is COc1c(F)c(Cl)cc2c1[C@H](C)C[C@](O)(C(F)(F)F)[C@H]2Nc1cc(F)cc2nc(C)ncc12. The van der Waals surface area contributed by atoms with Gasteiger partial charge in [-0.1, -0.05) is 18.5 Å². The van der Waals surface area contributed by atoms with Crippen LogP contribution in [0.1, 0.15) is 42.3 Å². The topological polar surface area (TPSA) is 67.3 Å². The largest absolute Gasteiger partial charge is 0.493 e. The van der Waals surface area contributed by atoms with E-state index in [4.69, 9.17) is 16.3 Å². The number of aryl methyl sites for hydroxylation is 1. The zero-order valence-electron chi connectivity index (χ0n) is 17.7. The molecule has 33 heavy (non-hydrogen) atoms. The van der Waals surface area contributed by atoms with Crippen molar-refractivity contribution in [1.29, 1.82) is 0 Å². The average Bonchev–Trinajstić information content (AvgIpc) is 2.71. The van der Waals surface area contributed by atoms with Crippen LogP contribution in [0.4, 0.5) is 27.6 Å². The summed E-state index contributed by atoms with van der Waals surface area (Å²) in [7, 11) is 1.18. The fourth-order valence-corrected chi connectivity index (χ4v) is 4.67. The summed E-state index contributed by atoms with van der Waals surface area (Å²) < 4.78 is 76.7. The summed E-state index contributed by atoms with van der Waals surface area (Å²) in [6.07, 6.45) is -4.53. The average molecular weight is 488 g/mol. The summed E-state index contributed by atoms with van der Waals surface area (Å²) >= 11 is 5.96. The zero-order valence-corrected chi connectivity index (χ0v) is 18.4. The van der Waals surface area contributed by atoms with Gasteiger partial charge in [0.2, 0.25) is 0 Å². The fraction of sp³-hybridized carbons (Fsp3) is 0.364. The molecule has 1 aliphatic rings. The number of methoxy groups -OCH3 is 1. The molecule has 3 atom stereocenters. The van der Waals surface area contributed by atoms with Gasteiger partial charge in [0.05, 0.1) is 23.7 Å². The number of ether oxygens (including phenoxy) is 1. The molecule has 0 aliphatic heterocycles. The van der Waals surface area contributed by atoms with Gasteiger partial charge in [-0.25, -0.2) is 18.7 Å². The number of hydrogen-bond donors (Lipinski definition) is 2. The minimum absolute atomic E-state index is 0.0717. The van der Waals surface area contributed by atoms with Gasteiger partial charge in [0.1, 0.15) is 11.6 Å². The molecule has 0 unspecified atom stereocenters. The number of alkyl halides is 3. The molecule has 1 heterocycles. The van der Waals surface area contributed by atoms with Gasteiger partial charge < -0.3 is 15.2 Å². The van der Waals surface area contributed by atoms with Gasteiger partial charge in [-0.15, -0.1) is 0 Å². The molecule has 0 amide bonds. The molecule has 5 nitrogen and oxygen atoms in total. The van der Waals surface area contributed by atoms with Crippen molar-refractivity contribution in [3.8, 4) is 5.75 Å². The van der Waals surface area contributed by atoms with Crippen LogP contribution in [0.5, 0.6) is 5.75 Å². The van der Waals surface area contributed by atoms with Crippen LogP contribution in [0.25, 0.3) is 10.9 Å². The predicted molar refractivity (Wildman–Crippen MR) is 113 cm³/mol. The second-order valence-corrected chi connectivity index (χ2v) is 8.52. The quantitative estimate of drug-likeness (QED) is 0.455. The molecule has 1 aromatic heterocycles. The third kappa shape index (κ3) is 3.74. The van der Waals surface area contributed by atoms with E-state index in [0.717, 1.165) is 18.2 Å². The van der Waals surface area contributed by atoms with Crippen LogP contribution >= 0.6 is 11.6 Å². The molecule has 4 rings (SSSR count). The number of hydrogen-bond acceptors (Lipinski definition) is 5. The summed E-state index contributed by atoms with van der Waals surface area (Å²) in [5.41, 5.74) is -3.16. The van der Waals surface area contributed by atoms with Gasteiger partial charge in [0, 0.05) is 28.9 Å². The second kappa shape index (κ2) is 7.95. The van der Waals surface area contributed by atoms with Gasteiger partial charge in [0.25, 0.3) is 0 Å². The fourth-order valence-electron chi connectivity index (χ4n) is 4.47. The van der Waals surface area contributed by atoms with Gasteiger partial charge in [-0.2, -0.15) is 13.2 Å². The minimum Gasteiger partial charge on any atom is -0.493 e. The number of benzene rings is 2. The molecule has 0 fully saturated rings. The van der Waals surface area contributed by atoms with E-state index < -0.39 is 46.8 Å². The van der Waals surface area contributed by atoms with Gasteiger partial charge >= 0.3 is 6.18 Å². The van der Waals surface area contributed by atoms with E-state index in [9.17, 15) is 27.1 Å². The zero-order chi connectivity index (χ0) is 24.3. The molecule has 0 saturated carbocycles. The van der Waals surface area contributed by atoms with E-state index in [1.165, 1.54) is 20.2 Å². The number of halogens is 6. The van der Waals surface area contributed by atoms with Crippen LogP contribution in [-0.2, 0) is 0 Å². The Balaban J connectivity index is 1.99. The number of nitrogens with one attached hydrogen (secondary N) is 1. The van der Waals surface area contributed by atoms with Crippen molar-refractivity contribution in [2.75, 3.05) is 12.4 Å². The number of aliphatic hydroxyl groups is 1. The highest BCUT2D eigenvalue weighted by Gasteiger charge is 2.62. The van der Waals surface area contributed by atoms with E-state index in [0.29, 0.717) is 5.82 Å². The lowest BCUT2D eigenvalue weighted by molar-refractivity contribution is -0.272. The molecule has 2 aromatic carbocycles. The number of rotatable bonds is 3. The third-order valence-electron chi connectivity index (χ3n) is 5.93. The highest BCUT2D eigenvalue weighted by molar-refractivity contribution is 6.31. The van der Waals surface area contributed by atoms with Crippen molar-refractivity contribution >= 4 is 28.2 Å². The summed E-state index contributed by atoms with van der Waals surface area (Å²) in [4.78, 5) is 8.15. The molecule has 2 N–H and O–H groups in total. The standard InChI is InChI=1S/C22H19ClF5N3O2/c1-9-7-21(32,22(26,27)28)20(12-6-14(23)18(25)19(33-3)17(9)12)31-16-5-11(24)4-15-13(16)8-29-10(2)30-15/h4-6,8-9,20,31-32H,7H2,1-3H3/t9-,20+,21-/m1/s1. The lowest BCUT2D eigenvalue weighted by Gasteiger charge is -2.45. The molecule has 0 saturated heterocycles. The van der Waals surface area contributed by atoms with Gasteiger partial charge in [0.15, 0.2) is 17.2 Å². The first-order valence-electron chi connectivity index (χ1n) is 9.91. The maximum Gasteiger partial charge on any atom is 0.419 e. The Hall–Kier alpha value is -2.72. The Morgan fingerprint density at radius 3 is 2.58 bits per heavy atom. The van der Waals surface area contributed by atoms with Crippen molar-refractivity contribution in [1.82, 2.24) is 9.97 Å². The number of anilines is 1. The van der Waals surface area contributed by atoms with Crippen LogP contribution in [0, 0.1) is 18.6 Å². The Kier molecular flexibility index (Phi) is 5.65. The van der Waals surface area contributed by atoms with E-state index >= 15 is 0 Å². The summed E-state index contributed by atoms with van der Waals surface area (Å²) in [5, 5.41) is 13.4. The van der Waals surface area contributed by atoms with Crippen LogP contribution in [0.2, 0.25) is 5.02 Å². The van der Waals surface area contributed by atoms with E-state index in [1.54, 1.807) is 6.92 Å². The molecule has 11 heteroatoms. The molecule has 3 aromatic rings. The van der Waals surface area contributed by atoms with E-state index in [-0.39, 0.29) is 33.5 Å². The molecular formula is C22H19ClF5N3O2. The Labute approximate surface area is 190 Å². The molecule has 1 aliphatic carbocycles. The number of nitrogens with zero attached hydrogens (tertiary/aromatic N) is 2. The van der Waals surface area contributed by atoms with E-state index in [1.807, 2.05) is 0 Å². The van der Waals surface area contributed by atoms with Gasteiger partial charge in [-0.3, -0.25) is 0 Å². The highest BCUT2D eigenvalue weighted by Crippen LogP contribution is 2.55. The molecule has 0 spiro atoms. The van der Waals surface area contributed by atoms with Crippen molar-refractivity contribution in [2.24, 2.45) is 0 Å². The van der Waals surface area contributed by atoms with E-state index in [2.05, 4.69) is 15.3 Å². The van der Waals surface area contributed by atoms with Crippen molar-refractivity contribution in [3.05, 3.63) is 58.0 Å². The summed E-state index contributed by atoms with van der Waals surface area (Å²) in [5.74, 6) is -2.56. The highest BCUT2D eigenvalue weighted by atomic mass is 35.5. The predicted octanol–water partition coefficient (Wildman–Crippen LogP) is 5.83. The van der Waals surface area contributed by atoms with Crippen LogP contribution in [0.3, 0.4) is 0 Å². The smallest absolute Gasteiger partial charge is 0.419 e. The Morgan fingerprint density at radius 1 is 1.24 bits per heavy atom. The maximum atomic E-state index is 14.6. The van der Waals surface area contributed by atoms with Gasteiger partial charge in [-0.05, 0) is 37.0 Å². The van der Waals surface area contributed by atoms with Crippen LogP contribution in [-0.4, -0.2) is 34.0 Å². The lowest BCUT2D eigenvalue weighted by atomic mass is 9.70. The maximum absolute atomic E-state index is 14.6. The number of aromatic nitrogens is 2. The summed E-state index contributed by atoms with van der Waals surface area (Å²) in [6.45, 7) is 3.01. The molecule has 0 bridgehead atoms. The first-order chi connectivity index (χ1) is 15.4.